The third-order valence-corrected chi connectivity index (χ3v) is 4.34. The fourth-order valence-corrected chi connectivity index (χ4v) is 2.63. The SMILES string of the molecule is CCC(=O)O.CCCCCCCCCCCCCCCCN=CCC(=O)O.[H-].[Na+]. The third kappa shape index (κ3) is 36.5. The largest absolute Gasteiger partial charge is 1.00 e. The van der Waals surface area contributed by atoms with Crippen molar-refractivity contribution in [3.05, 3.63) is 0 Å². The van der Waals surface area contributed by atoms with Gasteiger partial charge in [0.15, 0.2) is 0 Å². The summed E-state index contributed by atoms with van der Waals surface area (Å²) >= 11 is 0. The average molecular weight is 410 g/mol. The minimum absolute atomic E-state index is 0. The number of carboxylic acids is 2. The van der Waals surface area contributed by atoms with Crippen LogP contribution in [0.1, 0.15) is 118 Å². The van der Waals surface area contributed by atoms with Crippen LogP contribution in [-0.4, -0.2) is 34.9 Å². The molecule has 0 bridgehead atoms. The number of hydrogen-bond donors (Lipinski definition) is 2. The van der Waals surface area contributed by atoms with Crippen molar-refractivity contribution in [3.63, 3.8) is 0 Å². The van der Waals surface area contributed by atoms with Crippen LogP contribution in [0.25, 0.3) is 0 Å². The van der Waals surface area contributed by atoms with Gasteiger partial charge in [0.2, 0.25) is 0 Å². The molecule has 0 aliphatic heterocycles. The van der Waals surface area contributed by atoms with Gasteiger partial charge < -0.3 is 11.6 Å². The topological polar surface area (TPSA) is 87.0 Å². The normalized spacial score (nSPS) is 10.2. The first-order chi connectivity index (χ1) is 13.0. The Morgan fingerprint density at radius 1 is 0.714 bits per heavy atom. The van der Waals surface area contributed by atoms with Crippen molar-refractivity contribution in [2.75, 3.05) is 6.54 Å². The molecule has 0 aromatic carbocycles. The van der Waals surface area contributed by atoms with Crippen molar-refractivity contribution in [1.82, 2.24) is 0 Å². The third-order valence-electron chi connectivity index (χ3n) is 4.34. The van der Waals surface area contributed by atoms with Crippen molar-refractivity contribution in [2.24, 2.45) is 4.99 Å². The molecule has 0 rings (SSSR count). The zero-order valence-electron chi connectivity index (χ0n) is 19.8. The van der Waals surface area contributed by atoms with E-state index in [2.05, 4.69) is 11.9 Å². The van der Waals surface area contributed by atoms with Crippen LogP contribution in [0, 0.1) is 0 Å². The van der Waals surface area contributed by atoms with Gasteiger partial charge in [-0.25, -0.2) is 0 Å². The van der Waals surface area contributed by atoms with E-state index < -0.39 is 11.9 Å². The summed E-state index contributed by atoms with van der Waals surface area (Å²) in [6.07, 6.45) is 20.8. The molecule has 0 aliphatic rings. The minimum atomic E-state index is -0.801. The van der Waals surface area contributed by atoms with E-state index >= 15 is 0 Å². The van der Waals surface area contributed by atoms with Crippen LogP contribution in [0.5, 0.6) is 0 Å². The number of aliphatic carboxylic acids is 2. The first-order valence-corrected chi connectivity index (χ1v) is 11.0. The molecule has 5 nitrogen and oxygen atoms in total. The minimum Gasteiger partial charge on any atom is -1.00 e. The molecule has 0 radical (unpaired) electrons. The molecule has 0 fully saturated rings. The first-order valence-electron chi connectivity index (χ1n) is 11.0. The quantitative estimate of drug-likeness (QED) is 0.206. The van der Waals surface area contributed by atoms with Gasteiger partial charge in [0, 0.05) is 19.2 Å². The van der Waals surface area contributed by atoms with Gasteiger partial charge in [-0.1, -0.05) is 97.3 Å². The molecular weight excluding hydrogens is 365 g/mol. The summed E-state index contributed by atoms with van der Waals surface area (Å²) in [5.41, 5.74) is 0. The Bertz CT molecular complexity index is 369. The molecule has 0 aromatic heterocycles. The number of nitrogens with zero attached hydrogens (tertiary/aromatic N) is 1. The number of carbonyl (C=O) groups is 2. The predicted octanol–water partition coefficient (Wildman–Crippen LogP) is 3.61. The second kappa shape index (κ2) is 28.8. The molecule has 0 heterocycles. The Morgan fingerprint density at radius 3 is 1.39 bits per heavy atom. The van der Waals surface area contributed by atoms with Gasteiger partial charge in [-0.15, -0.1) is 0 Å². The van der Waals surface area contributed by atoms with E-state index in [9.17, 15) is 9.59 Å². The van der Waals surface area contributed by atoms with Gasteiger partial charge in [0.1, 0.15) is 0 Å². The van der Waals surface area contributed by atoms with Crippen LogP contribution in [0.15, 0.2) is 4.99 Å². The Labute approximate surface area is 196 Å². The second-order valence-corrected chi connectivity index (χ2v) is 7.03. The summed E-state index contributed by atoms with van der Waals surface area (Å²) in [5, 5.41) is 16.2. The molecule has 0 saturated carbocycles. The number of carboxylic acid groups (broad SMARTS) is 2. The Hall–Kier alpha value is -0.390. The maximum absolute atomic E-state index is 10.3. The van der Waals surface area contributed by atoms with Crippen molar-refractivity contribution in [1.29, 1.82) is 0 Å². The molecule has 28 heavy (non-hydrogen) atoms. The van der Waals surface area contributed by atoms with E-state index in [-0.39, 0.29) is 43.8 Å². The van der Waals surface area contributed by atoms with Crippen molar-refractivity contribution < 1.29 is 50.8 Å². The molecule has 6 heteroatoms. The fraction of sp³-hybridized carbons (Fsp3) is 0.864. The Kier molecular flexibility index (Phi) is 33.2. The molecule has 0 aliphatic carbocycles. The average Bonchev–Trinajstić information content (AvgIpc) is 2.64. The van der Waals surface area contributed by atoms with Crippen molar-refractivity contribution >= 4 is 18.2 Å². The molecular formula is C22H44NNaO4. The second-order valence-electron chi connectivity index (χ2n) is 7.03. The fourth-order valence-electron chi connectivity index (χ4n) is 2.63. The summed E-state index contributed by atoms with van der Waals surface area (Å²) in [5.74, 6) is -1.55. The number of hydrogen-bond acceptors (Lipinski definition) is 3. The van der Waals surface area contributed by atoms with Crippen LogP contribution in [-0.2, 0) is 9.59 Å². The van der Waals surface area contributed by atoms with Crippen LogP contribution in [0.3, 0.4) is 0 Å². The van der Waals surface area contributed by atoms with Crippen LogP contribution in [0.2, 0.25) is 0 Å². The van der Waals surface area contributed by atoms with Crippen LogP contribution < -0.4 is 29.6 Å². The summed E-state index contributed by atoms with van der Waals surface area (Å²) in [6, 6.07) is 0. The molecule has 0 atom stereocenters. The number of aliphatic imine (C=N–C) groups is 1. The maximum Gasteiger partial charge on any atom is 1.00 e. The van der Waals surface area contributed by atoms with E-state index in [1.54, 1.807) is 6.92 Å². The van der Waals surface area contributed by atoms with Gasteiger partial charge in [-0.2, -0.15) is 0 Å². The van der Waals surface area contributed by atoms with Gasteiger partial charge in [-0.05, 0) is 6.42 Å². The predicted molar refractivity (Wildman–Crippen MR) is 115 cm³/mol. The molecule has 0 unspecified atom stereocenters. The van der Waals surface area contributed by atoms with Gasteiger partial charge in [-0.3, -0.25) is 14.6 Å². The molecule has 0 aromatic rings. The van der Waals surface area contributed by atoms with E-state index in [0.717, 1.165) is 13.0 Å². The maximum atomic E-state index is 10.3. The van der Waals surface area contributed by atoms with Crippen molar-refractivity contribution in [3.8, 4) is 0 Å². The molecule has 0 amide bonds. The monoisotopic (exact) mass is 409 g/mol. The standard InChI is InChI=1S/C19H37NO2.C3H6O2.Na.H/c1-2-3-4-5-6-7-8-9-10-11-12-13-14-15-17-20-18-16-19(21)22;1-2-3(4)5;;/h18H,2-17H2,1H3,(H,21,22);2H2,1H3,(H,4,5);;/q;;+1;-1. The molecule has 162 valence electrons. The number of unbranched alkanes of at least 4 members (excludes halogenated alkanes) is 13. The van der Waals surface area contributed by atoms with Gasteiger partial charge in [0.05, 0.1) is 6.42 Å². The van der Waals surface area contributed by atoms with E-state index in [1.807, 2.05) is 0 Å². The summed E-state index contributed by atoms with van der Waals surface area (Å²) < 4.78 is 0. The number of rotatable bonds is 18. The summed E-state index contributed by atoms with van der Waals surface area (Å²) in [7, 11) is 0. The van der Waals surface area contributed by atoms with Gasteiger partial charge in [0.25, 0.3) is 0 Å². The Morgan fingerprint density at radius 2 is 1.07 bits per heavy atom. The smallest absolute Gasteiger partial charge is 1.00 e. The molecule has 0 spiro atoms. The van der Waals surface area contributed by atoms with E-state index in [1.165, 1.54) is 89.7 Å². The van der Waals surface area contributed by atoms with E-state index in [0.29, 0.717) is 0 Å². The Balaban J connectivity index is -0.000000396. The van der Waals surface area contributed by atoms with Crippen molar-refractivity contribution in [2.45, 2.75) is 117 Å². The van der Waals surface area contributed by atoms with Crippen LogP contribution >= 0.6 is 0 Å². The zero-order valence-corrected chi connectivity index (χ0v) is 20.8. The molecule has 0 saturated heterocycles. The zero-order chi connectivity index (χ0) is 20.6. The van der Waals surface area contributed by atoms with E-state index in [4.69, 9.17) is 10.2 Å². The van der Waals surface area contributed by atoms with Gasteiger partial charge >= 0.3 is 41.5 Å². The molecule has 2 N–H and O–H groups in total. The first kappa shape index (κ1) is 32.3. The summed E-state index contributed by atoms with van der Waals surface area (Å²) in [4.78, 5) is 23.7. The van der Waals surface area contributed by atoms with Crippen LogP contribution in [0.4, 0.5) is 0 Å². The summed E-state index contributed by atoms with van der Waals surface area (Å²) in [6.45, 7) is 4.65.